The molecular formula is C53H72N14O15. The highest BCUT2D eigenvalue weighted by Crippen LogP contribution is 2.22. The number of aromatic nitrogens is 1. The summed E-state index contributed by atoms with van der Waals surface area (Å²) in [6.45, 7) is 3.06. The Labute approximate surface area is 470 Å². The van der Waals surface area contributed by atoms with E-state index in [-0.39, 0.29) is 63.3 Å². The number of nitrogens with one attached hydrogen (secondary N) is 10. The monoisotopic (exact) mass is 1140 g/mol. The van der Waals surface area contributed by atoms with Crippen LogP contribution in [0.15, 0.2) is 60.8 Å². The number of likely N-dealkylation sites (tertiary alicyclic amines) is 1. The predicted molar refractivity (Wildman–Crippen MR) is 290 cm³/mol. The molecule has 18 N–H and O–H groups in total. The average Bonchev–Trinajstić information content (AvgIpc) is 4.37. The molecular weight excluding hydrogens is 1070 g/mol. The lowest BCUT2D eigenvalue weighted by atomic mass is 10.0. The minimum atomic E-state index is -1.79. The van der Waals surface area contributed by atoms with Gasteiger partial charge in [0, 0.05) is 42.9 Å². The van der Waals surface area contributed by atoms with Crippen molar-refractivity contribution < 1.29 is 72.5 Å². The minimum Gasteiger partial charge on any atom is -0.394 e. The van der Waals surface area contributed by atoms with Crippen LogP contribution in [0.2, 0.25) is 0 Å². The number of primary amides is 3. The number of H-pyrrole nitrogens is 1. The van der Waals surface area contributed by atoms with Crippen molar-refractivity contribution in [1.82, 2.24) is 57.7 Å². The number of aromatic amines is 1. The summed E-state index contributed by atoms with van der Waals surface area (Å²) in [7, 11) is 0. The molecule has 13 amide bonds. The molecule has 5 rings (SSSR count). The molecule has 3 aromatic rings. The van der Waals surface area contributed by atoms with E-state index in [9.17, 15) is 72.5 Å². The number of hydrogen-bond acceptors (Lipinski definition) is 15. The number of carbonyl (C=O) groups excluding carboxylic acids is 13. The lowest BCUT2D eigenvalue weighted by Gasteiger charge is -2.32. The maximum atomic E-state index is 14.5. The predicted octanol–water partition coefficient (Wildman–Crippen LogP) is -5.61. The Morgan fingerprint density at radius 1 is 0.659 bits per heavy atom. The average molecular weight is 1150 g/mol. The van der Waals surface area contributed by atoms with Crippen molar-refractivity contribution in [3.8, 4) is 0 Å². The summed E-state index contributed by atoms with van der Waals surface area (Å²) in [6.07, 6.45) is -1.52. The van der Waals surface area contributed by atoms with Gasteiger partial charge in [0.25, 0.3) is 0 Å². The van der Waals surface area contributed by atoms with Crippen LogP contribution < -0.4 is 65.1 Å². The van der Waals surface area contributed by atoms with E-state index in [1.807, 2.05) is 0 Å². The van der Waals surface area contributed by atoms with E-state index in [1.165, 1.54) is 6.92 Å². The second kappa shape index (κ2) is 30.0. The summed E-state index contributed by atoms with van der Waals surface area (Å²) in [6, 6.07) is 1.95. The van der Waals surface area contributed by atoms with E-state index < -0.39 is 157 Å². The number of nitrogens with two attached hydrogens (primary N) is 3. The highest BCUT2D eigenvalue weighted by molar-refractivity contribution is 6.01. The molecule has 29 nitrogen and oxygen atoms in total. The van der Waals surface area contributed by atoms with Crippen LogP contribution in [-0.4, -0.2) is 177 Å². The number of carbonyl (C=O) groups is 13. The van der Waals surface area contributed by atoms with Gasteiger partial charge in [0.15, 0.2) is 0 Å². The molecule has 2 fully saturated rings. The molecule has 0 spiro atoms. The molecule has 2 aromatic carbocycles. The SMILES string of the molecule is CC(C)C[C@H](NC(=O)[C@@H]1CCC(=O)N1)C(=O)N[C@@H](CC(N)=O)C(=O)N[C@@H](Cc1ccccc1)C(=O)N[C@H](C(=O)N1CCC[C@H]1C(=O)N[C@@H](CC(N)=O)C(=O)N[C@@H](Cc1c[nH]c2ccccc12)C(=O)NCC(=O)N[C@@H](CO)C(N)=O)[C@@H](C)O. The molecule has 0 saturated carbocycles. The third-order valence-electron chi connectivity index (χ3n) is 13.5. The Balaban J connectivity index is 1.33. The molecule has 10 atom stereocenters. The Hall–Kier alpha value is -8.99. The van der Waals surface area contributed by atoms with E-state index in [1.54, 1.807) is 74.6 Å². The fraction of sp³-hybridized carbons (Fsp3) is 0.491. The quantitative estimate of drug-likeness (QED) is 0.0296. The highest BCUT2D eigenvalue weighted by Gasteiger charge is 2.42. The van der Waals surface area contributed by atoms with Crippen molar-refractivity contribution in [2.24, 2.45) is 23.1 Å². The normalized spacial score (nSPS) is 17.7. The molecule has 2 aliphatic heterocycles. The molecule has 2 saturated heterocycles. The van der Waals surface area contributed by atoms with Gasteiger partial charge in [0.05, 0.1) is 32.1 Å². The van der Waals surface area contributed by atoms with Gasteiger partial charge >= 0.3 is 0 Å². The van der Waals surface area contributed by atoms with Crippen LogP contribution in [0.25, 0.3) is 10.9 Å². The van der Waals surface area contributed by atoms with Crippen LogP contribution in [0.1, 0.15) is 76.8 Å². The fourth-order valence-electron chi connectivity index (χ4n) is 9.35. The van der Waals surface area contributed by atoms with Gasteiger partial charge in [-0.25, -0.2) is 0 Å². The molecule has 444 valence electrons. The summed E-state index contributed by atoms with van der Waals surface area (Å²) >= 11 is 0. The van der Waals surface area contributed by atoms with E-state index in [0.29, 0.717) is 22.0 Å². The van der Waals surface area contributed by atoms with Crippen molar-refractivity contribution in [3.63, 3.8) is 0 Å². The van der Waals surface area contributed by atoms with Crippen LogP contribution in [0.5, 0.6) is 0 Å². The van der Waals surface area contributed by atoms with Gasteiger partial charge in [-0.15, -0.1) is 0 Å². The molecule has 0 bridgehead atoms. The fourth-order valence-corrected chi connectivity index (χ4v) is 9.35. The Morgan fingerprint density at radius 3 is 1.82 bits per heavy atom. The number of hydrogen-bond donors (Lipinski definition) is 15. The highest BCUT2D eigenvalue weighted by atomic mass is 16.3. The van der Waals surface area contributed by atoms with Crippen molar-refractivity contribution in [2.45, 2.75) is 139 Å². The van der Waals surface area contributed by atoms with Crippen molar-refractivity contribution in [1.29, 1.82) is 0 Å². The lowest BCUT2D eigenvalue weighted by Crippen LogP contribution is -2.62. The largest absolute Gasteiger partial charge is 0.394 e. The van der Waals surface area contributed by atoms with Crippen LogP contribution in [0.3, 0.4) is 0 Å². The molecule has 3 heterocycles. The Bertz CT molecular complexity index is 2860. The first-order chi connectivity index (χ1) is 38.8. The lowest BCUT2D eigenvalue weighted by molar-refractivity contribution is -0.145. The standard InChI is InChI=1S/C53H72N14O15/c1-26(2)18-33(61-47(76)32-15-16-42(72)59-32)48(77)64-36(21-40(54)70)49(78)62-34(19-28-10-5-4-6-11-28)51(80)66-44(27(3)69)53(82)67-17-9-14-39(67)52(81)65-37(22-41(55)71)50(79)63-35(20-29-23-57-31-13-8-7-12-30(29)31)46(75)58-24-43(73)60-38(25-68)45(56)74/h4-8,10-13,23,26-27,32-39,44,57,68-69H,9,14-22,24-25H2,1-3H3,(H2,54,70)(H2,55,71)(H2,56,74)(H,58,75)(H,59,72)(H,60,73)(H,61,76)(H,62,78)(H,63,79)(H,64,77)(H,65,81)(H,66,80)/t27-,32+,33+,34+,35+,36+,37+,38+,39+,44+/m1/s1. The topological polar surface area (TPSA) is 468 Å². The van der Waals surface area contributed by atoms with Gasteiger partial charge in [0.2, 0.25) is 76.8 Å². The van der Waals surface area contributed by atoms with E-state index in [2.05, 4.69) is 52.8 Å². The first kappa shape index (κ1) is 63.8. The van der Waals surface area contributed by atoms with Gasteiger partial charge in [-0.2, -0.15) is 0 Å². The third kappa shape index (κ3) is 18.5. The van der Waals surface area contributed by atoms with Gasteiger partial charge in [-0.3, -0.25) is 62.3 Å². The number of rotatable bonds is 30. The van der Waals surface area contributed by atoms with E-state index in [0.717, 1.165) is 4.90 Å². The Morgan fingerprint density at radius 2 is 1.23 bits per heavy atom. The molecule has 0 radical (unpaired) electrons. The Kier molecular flexibility index (Phi) is 23.4. The van der Waals surface area contributed by atoms with E-state index in [4.69, 9.17) is 17.2 Å². The third-order valence-corrected chi connectivity index (χ3v) is 13.5. The second-order valence-electron chi connectivity index (χ2n) is 20.5. The number of aliphatic hydroxyl groups excluding tert-OH is 2. The number of amides is 13. The summed E-state index contributed by atoms with van der Waals surface area (Å²) in [4.78, 5) is 177. The van der Waals surface area contributed by atoms with Crippen LogP contribution in [0.4, 0.5) is 0 Å². The zero-order valence-electron chi connectivity index (χ0n) is 45.5. The minimum absolute atomic E-state index is 0.0119. The maximum Gasteiger partial charge on any atom is 0.248 e. The smallest absolute Gasteiger partial charge is 0.248 e. The second-order valence-corrected chi connectivity index (χ2v) is 20.5. The maximum absolute atomic E-state index is 14.5. The number of fused-ring (bicyclic) bond motifs is 1. The molecule has 82 heavy (non-hydrogen) atoms. The van der Waals surface area contributed by atoms with Crippen molar-refractivity contribution >= 4 is 87.7 Å². The molecule has 0 unspecified atom stereocenters. The molecule has 2 aliphatic rings. The first-order valence-corrected chi connectivity index (χ1v) is 26.6. The number of aliphatic hydroxyl groups is 2. The van der Waals surface area contributed by atoms with Gasteiger partial charge in [0.1, 0.15) is 54.4 Å². The van der Waals surface area contributed by atoms with E-state index >= 15 is 0 Å². The summed E-state index contributed by atoms with van der Waals surface area (Å²) in [5, 5.41) is 43.1. The van der Waals surface area contributed by atoms with Crippen LogP contribution in [-0.2, 0) is 75.2 Å². The summed E-state index contributed by atoms with van der Waals surface area (Å²) < 4.78 is 0. The number of nitrogens with zero attached hydrogens (tertiary/aromatic N) is 1. The zero-order valence-corrected chi connectivity index (χ0v) is 45.5. The van der Waals surface area contributed by atoms with Crippen LogP contribution >= 0.6 is 0 Å². The van der Waals surface area contributed by atoms with Gasteiger partial charge < -0.3 is 85.1 Å². The summed E-state index contributed by atoms with van der Waals surface area (Å²) in [5.41, 5.74) is 17.9. The van der Waals surface area contributed by atoms with Crippen molar-refractivity contribution in [2.75, 3.05) is 19.7 Å². The molecule has 1 aromatic heterocycles. The van der Waals surface area contributed by atoms with Crippen LogP contribution in [0, 0.1) is 5.92 Å². The van der Waals surface area contributed by atoms with Crippen molar-refractivity contribution in [3.05, 3.63) is 71.9 Å². The zero-order chi connectivity index (χ0) is 60.4. The summed E-state index contributed by atoms with van der Waals surface area (Å²) in [5.74, 6) is -12.1. The number of benzene rings is 2. The molecule has 0 aliphatic carbocycles. The molecule has 29 heteroatoms. The number of para-hydroxylation sites is 1. The van der Waals surface area contributed by atoms with Gasteiger partial charge in [-0.05, 0) is 55.7 Å². The van der Waals surface area contributed by atoms with Gasteiger partial charge in [-0.1, -0.05) is 62.4 Å². The first-order valence-electron chi connectivity index (χ1n) is 26.6.